The van der Waals surface area contributed by atoms with Crippen molar-refractivity contribution in [3.8, 4) is 0 Å². The molecule has 1 aliphatic rings. The van der Waals surface area contributed by atoms with E-state index in [0.29, 0.717) is 17.3 Å². The fourth-order valence-electron chi connectivity index (χ4n) is 3.09. The molecule has 1 fully saturated rings. The Bertz CT molecular complexity index is 705. The molecule has 0 bridgehead atoms. The van der Waals surface area contributed by atoms with Crippen molar-refractivity contribution in [3.05, 3.63) is 35.9 Å². The molecule has 0 aromatic carbocycles. The third-order valence-corrected chi connectivity index (χ3v) is 4.43. The van der Waals surface area contributed by atoms with Crippen LogP contribution >= 0.6 is 0 Å². The number of esters is 1. The molecular weight excluding hydrogens is 306 g/mol. The summed E-state index contributed by atoms with van der Waals surface area (Å²) >= 11 is 0. The van der Waals surface area contributed by atoms with Crippen molar-refractivity contribution in [2.45, 2.75) is 32.2 Å². The van der Waals surface area contributed by atoms with Crippen molar-refractivity contribution in [2.24, 2.45) is 0 Å². The summed E-state index contributed by atoms with van der Waals surface area (Å²) in [5, 5.41) is 11.3. The molecule has 0 amide bonds. The number of ether oxygens (including phenoxy) is 1. The molecule has 1 saturated heterocycles. The average Bonchev–Trinajstić information content (AvgIpc) is 2.81. The molecule has 0 radical (unpaired) electrons. The van der Waals surface area contributed by atoms with Gasteiger partial charge in [-0.2, -0.15) is 5.10 Å². The molecule has 2 aromatic heterocycles. The first-order chi connectivity index (χ1) is 11.7. The summed E-state index contributed by atoms with van der Waals surface area (Å²) in [4.78, 5) is 16.0. The zero-order chi connectivity index (χ0) is 16.9. The Morgan fingerprint density at radius 1 is 1.33 bits per heavy atom. The minimum Gasteiger partial charge on any atom is -0.465 e. The Morgan fingerprint density at radius 2 is 2.21 bits per heavy atom. The van der Waals surface area contributed by atoms with Crippen LogP contribution < -0.4 is 10.6 Å². The Labute approximate surface area is 141 Å². The maximum Gasteiger partial charge on any atom is 0.340 e. The van der Waals surface area contributed by atoms with E-state index in [1.165, 1.54) is 7.11 Å². The van der Waals surface area contributed by atoms with Crippen LogP contribution in [-0.2, 0) is 4.74 Å². The molecule has 2 aromatic rings. The van der Waals surface area contributed by atoms with E-state index in [1.54, 1.807) is 18.5 Å². The number of nitrogens with one attached hydrogen (secondary N) is 2. The zero-order valence-electron chi connectivity index (χ0n) is 14.1. The van der Waals surface area contributed by atoms with E-state index < -0.39 is 0 Å². The summed E-state index contributed by atoms with van der Waals surface area (Å²) in [5.74, 6) is -0.389. The van der Waals surface area contributed by atoms with Crippen LogP contribution in [0.15, 0.2) is 24.7 Å². The number of hydrogen-bond acceptors (Lipinski definition) is 6. The summed E-state index contributed by atoms with van der Waals surface area (Å²) in [5.41, 5.74) is 3.01. The van der Waals surface area contributed by atoms with Gasteiger partial charge in [-0.1, -0.05) is 0 Å². The number of carbonyl (C=O) groups is 1. The number of rotatable bonds is 4. The predicted octanol–water partition coefficient (Wildman–Crippen LogP) is 2.43. The molecule has 24 heavy (non-hydrogen) atoms. The van der Waals surface area contributed by atoms with Gasteiger partial charge in [-0.25, -0.2) is 4.79 Å². The topological polar surface area (TPSA) is 81.1 Å². The van der Waals surface area contributed by atoms with E-state index in [2.05, 4.69) is 25.4 Å². The van der Waals surface area contributed by atoms with E-state index in [9.17, 15) is 4.79 Å². The average molecular weight is 329 g/mol. The van der Waals surface area contributed by atoms with Crippen LogP contribution in [0.1, 0.15) is 41.4 Å². The molecule has 0 spiro atoms. The lowest BCUT2D eigenvalue weighted by Crippen LogP contribution is -2.16. The Morgan fingerprint density at radius 3 is 3.04 bits per heavy atom. The van der Waals surface area contributed by atoms with E-state index in [4.69, 9.17) is 4.74 Å². The van der Waals surface area contributed by atoms with E-state index >= 15 is 0 Å². The summed E-state index contributed by atoms with van der Waals surface area (Å²) in [6, 6.07) is 2.05. The van der Waals surface area contributed by atoms with Crippen LogP contribution in [0.2, 0.25) is 0 Å². The molecule has 0 aliphatic carbocycles. The van der Waals surface area contributed by atoms with Gasteiger partial charge in [-0.3, -0.25) is 9.67 Å². The van der Waals surface area contributed by atoms with Crippen LogP contribution in [0, 0.1) is 6.92 Å². The zero-order valence-corrected chi connectivity index (χ0v) is 14.1. The first-order valence-electron chi connectivity index (χ1n) is 8.25. The normalized spacial score (nSPS) is 18.0. The van der Waals surface area contributed by atoms with Crippen molar-refractivity contribution < 1.29 is 9.53 Å². The Hall–Kier alpha value is -2.41. The van der Waals surface area contributed by atoms with Crippen LogP contribution in [-0.4, -0.2) is 40.9 Å². The predicted molar refractivity (Wildman–Crippen MR) is 91.6 cm³/mol. The maximum atomic E-state index is 11.9. The van der Waals surface area contributed by atoms with Gasteiger partial charge in [-0.05, 0) is 45.3 Å². The minimum absolute atomic E-state index is 0.389. The number of hydrogen-bond donors (Lipinski definition) is 2. The molecule has 1 atom stereocenters. The highest BCUT2D eigenvalue weighted by atomic mass is 16.5. The second-order valence-corrected chi connectivity index (χ2v) is 5.96. The number of carbonyl (C=O) groups excluding carboxylic acids is 1. The smallest absolute Gasteiger partial charge is 0.340 e. The second-order valence-electron chi connectivity index (χ2n) is 5.96. The van der Waals surface area contributed by atoms with Crippen LogP contribution in [0.3, 0.4) is 0 Å². The largest absolute Gasteiger partial charge is 0.465 e. The molecule has 1 unspecified atom stereocenters. The van der Waals surface area contributed by atoms with Gasteiger partial charge in [-0.15, -0.1) is 0 Å². The summed E-state index contributed by atoms with van der Waals surface area (Å²) in [6.45, 7) is 4.13. The summed E-state index contributed by atoms with van der Waals surface area (Å²) in [7, 11) is 1.37. The molecule has 3 heterocycles. The lowest BCUT2D eigenvalue weighted by atomic mass is 10.1. The first kappa shape index (κ1) is 16.4. The van der Waals surface area contributed by atoms with Gasteiger partial charge in [0, 0.05) is 6.20 Å². The monoisotopic (exact) mass is 329 g/mol. The Kier molecular flexibility index (Phi) is 5.10. The number of nitrogens with zero attached hydrogens (tertiary/aromatic N) is 3. The minimum atomic E-state index is -0.389. The fraction of sp³-hybridized carbons (Fsp3) is 0.471. The lowest BCUT2D eigenvalue weighted by Gasteiger charge is -2.17. The van der Waals surface area contributed by atoms with Crippen molar-refractivity contribution >= 4 is 17.3 Å². The quantitative estimate of drug-likeness (QED) is 0.839. The fourth-order valence-corrected chi connectivity index (χ4v) is 3.09. The number of anilines is 2. The lowest BCUT2D eigenvalue weighted by molar-refractivity contribution is 0.0602. The Balaban J connectivity index is 1.83. The summed E-state index contributed by atoms with van der Waals surface area (Å²) in [6.07, 6.45) is 8.35. The number of methoxy groups -OCH3 is 1. The van der Waals surface area contributed by atoms with Crippen molar-refractivity contribution in [3.63, 3.8) is 0 Å². The maximum absolute atomic E-state index is 11.9. The molecule has 1 aliphatic heterocycles. The van der Waals surface area contributed by atoms with Gasteiger partial charge in [0.25, 0.3) is 0 Å². The first-order valence-corrected chi connectivity index (χ1v) is 8.25. The molecule has 0 saturated carbocycles. The van der Waals surface area contributed by atoms with Gasteiger partial charge in [0.2, 0.25) is 0 Å². The van der Waals surface area contributed by atoms with Crippen molar-refractivity contribution in [2.75, 3.05) is 25.5 Å². The molecule has 128 valence electrons. The third-order valence-electron chi connectivity index (χ3n) is 4.43. The van der Waals surface area contributed by atoms with Gasteiger partial charge in [0.1, 0.15) is 0 Å². The van der Waals surface area contributed by atoms with E-state index in [1.807, 2.05) is 13.1 Å². The molecular formula is C17H23N5O2. The summed E-state index contributed by atoms with van der Waals surface area (Å²) < 4.78 is 6.91. The molecule has 7 heteroatoms. The van der Waals surface area contributed by atoms with Gasteiger partial charge >= 0.3 is 5.97 Å². The highest BCUT2D eigenvalue weighted by Crippen LogP contribution is 2.27. The standard InChI is InChI=1S/C17H23N5O2/c1-12-15(11-20-22(12)13-4-3-7-18-8-5-13)21-16-10-19-9-6-14(16)17(23)24-2/h6,9-11,13,18,21H,3-5,7-8H2,1-2H3. The van der Waals surface area contributed by atoms with Gasteiger partial charge in [0.05, 0.1) is 48.2 Å². The van der Waals surface area contributed by atoms with E-state index in [0.717, 1.165) is 43.7 Å². The highest BCUT2D eigenvalue weighted by molar-refractivity contribution is 5.96. The van der Waals surface area contributed by atoms with Crippen LogP contribution in [0.4, 0.5) is 11.4 Å². The van der Waals surface area contributed by atoms with Crippen molar-refractivity contribution in [1.82, 2.24) is 20.1 Å². The molecule has 3 rings (SSSR count). The van der Waals surface area contributed by atoms with Crippen molar-refractivity contribution in [1.29, 1.82) is 0 Å². The molecule has 2 N–H and O–H groups in total. The van der Waals surface area contributed by atoms with Crippen LogP contribution in [0.25, 0.3) is 0 Å². The third kappa shape index (κ3) is 3.41. The number of aromatic nitrogens is 3. The SMILES string of the molecule is COC(=O)c1ccncc1Nc1cnn(C2CCCNCC2)c1C. The van der Waals surface area contributed by atoms with E-state index in [-0.39, 0.29) is 5.97 Å². The second kappa shape index (κ2) is 7.44. The number of pyridine rings is 1. The van der Waals surface area contributed by atoms with Crippen LogP contribution in [0.5, 0.6) is 0 Å². The highest BCUT2D eigenvalue weighted by Gasteiger charge is 2.19. The van der Waals surface area contributed by atoms with Gasteiger partial charge < -0.3 is 15.4 Å². The molecule has 7 nitrogen and oxygen atoms in total. The van der Waals surface area contributed by atoms with Gasteiger partial charge in [0.15, 0.2) is 0 Å².